The number of esters is 1. The maximum absolute atomic E-state index is 13.4. The molecule has 5 heteroatoms. The van der Waals surface area contributed by atoms with Gasteiger partial charge < -0.3 is 14.4 Å². The lowest BCUT2D eigenvalue weighted by atomic mass is 9.97. The molecule has 0 N–H and O–H groups in total. The smallest absolute Gasteiger partial charge is 0.309 e. The molecule has 1 heterocycles. The lowest BCUT2D eigenvalue weighted by molar-refractivity contribution is -0.149. The molecule has 1 aliphatic heterocycles. The quantitative estimate of drug-likeness (QED) is 0.573. The fraction of sp³-hybridized carbons (Fsp3) is 0.588. The predicted molar refractivity (Wildman–Crippen MR) is 82.3 cm³/mol. The van der Waals surface area contributed by atoms with Crippen LogP contribution in [0.2, 0.25) is 0 Å². The Hall–Kier alpha value is -1.62. The Bertz CT molecular complexity index is 473. The van der Waals surface area contributed by atoms with Gasteiger partial charge in [0.05, 0.1) is 19.1 Å². The molecule has 0 radical (unpaired) electrons. The predicted octanol–water partition coefficient (Wildman–Crippen LogP) is 2.87. The maximum Gasteiger partial charge on any atom is 0.309 e. The molecule has 0 atom stereocenters. The molecule has 1 aromatic carbocycles. The van der Waals surface area contributed by atoms with E-state index in [1.54, 1.807) is 18.2 Å². The highest BCUT2D eigenvalue weighted by molar-refractivity contribution is 5.72. The van der Waals surface area contributed by atoms with Crippen molar-refractivity contribution in [3.05, 3.63) is 30.1 Å². The van der Waals surface area contributed by atoms with Crippen molar-refractivity contribution < 1.29 is 18.7 Å². The number of rotatable bonds is 7. The Morgan fingerprint density at radius 3 is 2.73 bits per heavy atom. The van der Waals surface area contributed by atoms with Gasteiger partial charge in [0, 0.05) is 6.54 Å². The number of halogens is 1. The van der Waals surface area contributed by atoms with Crippen LogP contribution in [0.5, 0.6) is 5.75 Å². The van der Waals surface area contributed by atoms with Gasteiger partial charge in [0.15, 0.2) is 11.6 Å². The molecule has 1 fully saturated rings. The summed E-state index contributed by atoms with van der Waals surface area (Å²) in [7, 11) is 0. The first-order valence-electron chi connectivity index (χ1n) is 7.97. The highest BCUT2D eigenvalue weighted by Gasteiger charge is 2.25. The molecular formula is C17H24FNO3. The molecule has 1 saturated heterocycles. The summed E-state index contributed by atoms with van der Waals surface area (Å²) in [4.78, 5) is 14.0. The first-order chi connectivity index (χ1) is 10.7. The van der Waals surface area contributed by atoms with Crippen LogP contribution in [0, 0.1) is 11.7 Å². The minimum Gasteiger partial charge on any atom is -0.490 e. The first-order valence-corrected chi connectivity index (χ1v) is 7.97. The van der Waals surface area contributed by atoms with Crippen molar-refractivity contribution in [2.24, 2.45) is 5.92 Å². The minimum atomic E-state index is -0.322. The Labute approximate surface area is 131 Å². The van der Waals surface area contributed by atoms with Gasteiger partial charge >= 0.3 is 5.97 Å². The van der Waals surface area contributed by atoms with E-state index in [-0.39, 0.29) is 17.7 Å². The number of nitrogens with zero attached hydrogens (tertiary/aromatic N) is 1. The number of carbonyl (C=O) groups is 1. The molecule has 0 spiro atoms. The van der Waals surface area contributed by atoms with Crippen molar-refractivity contribution in [2.45, 2.75) is 26.2 Å². The number of piperidine rings is 1. The molecule has 0 aromatic heterocycles. The second-order valence-electron chi connectivity index (χ2n) is 5.50. The summed E-state index contributed by atoms with van der Waals surface area (Å²) < 4.78 is 23.9. The van der Waals surface area contributed by atoms with E-state index in [1.807, 2.05) is 6.92 Å². The molecule has 1 aromatic rings. The number of hydrogen-bond donors (Lipinski definition) is 0. The maximum atomic E-state index is 13.4. The normalized spacial score (nSPS) is 16.5. The van der Waals surface area contributed by atoms with Crippen molar-refractivity contribution in [1.82, 2.24) is 4.90 Å². The summed E-state index contributed by atoms with van der Waals surface area (Å²) in [5.74, 6) is -0.0304. The average molecular weight is 309 g/mol. The topological polar surface area (TPSA) is 38.8 Å². The number of para-hydroxylation sites is 1. The van der Waals surface area contributed by atoms with Crippen molar-refractivity contribution >= 4 is 5.97 Å². The van der Waals surface area contributed by atoms with Gasteiger partial charge in [-0.15, -0.1) is 0 Å². The molecule has 0 bridgehead atoms. The van der Waals surface area contributed by atoms with E-state index in [1.165, 1.54) is 6.07 Å². The van der Waals surface area contributed by atoms with Crippen LogP contribution >= 0.6 is 0 Å². The third kappa shape index (κ3) is 4.98. The Morgan fingerprint density at radius 2 is 2.05 bits per heavy atom. The summed E-state index contributed by atoms with van der Waals surface area (Å²) in [6.07, 6.45) is 2.55. The minimum absolute atomic E-state index is 0.0471. The molecule has 0 saturated carbocycles. The van der Waals surface area contributed by atoms with Gasteiger partial charge in [-0.05, 0) is 51.4 Å². The molecular weight excluding hydrogens is 285 g/mol. The van der Waals surface area contributed by atoms with E-state index in [2.05, 4.69) is 4.90 Å². The highest BCUT2D eigenvalue weighted by Crippen LogP contribution is 2.19. The van der Waals surface area contributed by atoms with E-state index in [9.17, 15) is 9.18 Å². The Kier molecular flexibility index (Phi) is 6.65. The third-order valence-corrected chi connectivity index (χ3v) is 3.92. The number of benzene rings is 1. The van der Waals surface area contributed by atoms with Crippen molar-refractivity contribution in [1.29, 1.82) is 0 Å². The highest BCUT2D eigenvalue weighted by atomic mass is 19.1. The van der Waals surface area contributed by atoms with Gasteiger partial charge in [0.1, 0.15) is 0 Å². The van der Waals surface area contributed by atoms with Crippen molar-refractivity contribution in [3.63, 3.8) is 0 Å². The summed E-state index contributed by atoms with van der Waals surface area (Å²) in [6, 6.07) is 6.45. The number of likely N-dealkylation sites (tertiary alicyclic amines) is 1. The summed E-state index contributed by atoms with van der Waals surface area (Å²) in [5.41, 5.74) is 0. The van der Waals surface area contributed by atoms with E-state index < -0.39 is 0 Å². The SMILES string of the molecule is CCOC(=O)C1CCN(CCCOc2ccccc2F)CC1. The van der Waals surface area contributed by atoms with E-state index >= 15 is 0 Å². The van der Waals surface area contributed by atoms with Gasteiger partial charge in [0.2, 0.25) is 0 Å². The molecule has 0 aliphatic carbocycles. The standard InChI is InChI=1S/C17H24FNO3/c1-2-21-17(20)14-8-11-19(12-9-14)10-5-13-22-16-7-4-3-6-15(16)18/h3-4,6-7,14H,2,5,8-13H2,1H3. The van der Waals surface area contributed by atoms with E-state index in [0.29, 0.717) is 19.0 Å². The number of ether oxygens (including phenoxy) is 2. The van der Waals surface area contributed by atoms with E-state index in [0.717, 1.165) is 38.9 Å². The van der Waals surface area contributed by atoms with Gasteiger partial charge in [-0.2, -0.15) is 0 Å². The van der Waals surface area contributed by atoms with Crippen LogP contribution in [-0.2, 0) is 9.53 Å². The molecule has 0 amide bonds. The lowest BCUT2D eigenvalue weighted by Gasteiger charge is -2.30. The zero-order valence-electron chi connectivity index (χ0n) is 13.1. The Morgan fingerprint density at radius 1 is 1.32 bits per heavy atom. The van der Waals surface area contributed by atoms with Crippen LogP contribution in [0.4, 0.5) is 4.39 Å². The molecule has 122 valence electrons. The zero-order chi connectivity index (χ0) is 15.8. The van der Waals surface area contributed by atoms with E-state index in [4.69, 9.17) is 9.47 Å². The lowest BCUT2D eigenvalue weighted by Crippen LogP contribution is -2.37. The number of carbonyl (C=O) groups excluding carboxylic acids is 1. The Balaban J connectivity index is 1.61. The van der Waals surface area contributed by atoms with Gasteiger partial charge in [-0.25, -0.2) is 4.39 Å². The molecule has 22 heavy (non-hydrogen) atoms. The van der Waals surface area contributed by atoms with Gasteiger partial charge in [-0.3, -0.25) is 4.79 Å². The zero-order valence-corrected chi connectivity index (χ0v) is 13.1. The summed E-state index contributed by atoms with van der Waals surface area (Å²) in [6.45, 7) is 5.50. The fourth-order valence-electron chi connectivity index (χ4n) is 2.68. The monoisotopic (exact) mass is 309 g/mol. The number of hydrogen-bond acceptors (Lipinski definition) is 4. The van der Waals surface area contributed by atoms with Crippen LogP contribution < -0.4 is 4.74 Å². The van der Waals surface area contributed by atoms with Gasteiger partial charge in [0.25, 0.3) is 0 Å². The summed E-state index contributed by atoms with van der Waals surface area (Å²) in [5, 5.41) is 0. The largest absolute Gasteiger partial charge is 0.490 e. The molecule has 0 unspecified atom stereocenters. The molecule has 2 rings (SSSR count). The summed E-state index contributed by atoms with van der Waals surface area (Å²) >= 11 is 0. The van der Waals surface area contributed by atoms with Crippen LogP contribution in [0.3, 0.4) is 0 Å². The molecule has 4 nitrogen and oxygen atoms in total. The first kappa shape index (κ1) is 16.7. The van der Waals surface area contributed by atoms with Crippen molar-refractivity contribution in [2.75, 3.05) is 32.8 Å². The van der Waals surface area contributed by atoms with Crippen LogP contribution in [0.15, 0.2) is 24.3 Å². The van der Waals surface area contributed by atoms with Crippen molar-refractivity contribution in [3.8, 4) is 5.75 Å². The molecule has 1 aliphatic rings. The van der Waals surface area contributed by atoms with Crippen LogP contribution in [-0.4, -0.2) is 43.7 Å². The second-order valence-corrected chi connectivity index (χ2v) is 5.50. The second kappa shape index (κ2) is 8.73. The van der Waals surface area contributed by atoms with Crippen LogP contribution in [0.25, 0.3) is 0 Å². The fourth-order valence-corrected chi connectivity index (χ4v) is 2.68. The van der Waals surface area contributed by atoms with Gasteiger partial charge in [-0.1, -0.05) is 12.1 Å². The third-order valence-electron chi connectivity index (χ3n) is 3.92. The average Bonchev–Trinajstić information content (AvgIpc) is 2.54. The van der Waals surface area contributed by atoms with Crippen LogP contribution in [0.1, 0.15) is 26.2 Å².